The maximum atomic E-state index is 13.1. The van der Waals surface area contributed by atoms with Gasteiger partial charge in [-0.2, -0.15) is 0 Å². The lowest BCUT2D eigenvalue weighted by Gasteiger charge is -2.19. The Hall–Kier alpha value is -0.870. The molecule has 1 aliphatic carbocycles. The fourth-order valence-electron chi connectivity index (χ4n) is 1.69. The smallest absolute Gasteiger partial charge is 0.314 e. The Bertz CT molecular complexity index is 209. The minimum atomic E-state index is -2.60. The largest absolute Gasteiger partial charge is 0.338 e. The summed E-state index contributed by atoms with van der Waals surface area (Å²) in [5.41, 5.74) is 0. The van der Waals surface area contributed by atoms with Crippen LogP contribution in [0.5, 0.6) is 0 Å². The van der Waals surface area contributed by atoms with E-state index in [1.54, 1.807) is 6.92 Å². The van der Waals surface area contributed by atoms with Gasteiger partial charge in [0.1, 0.15) is 0 Å². The van der Waals surface area contributed by atoms with Crippen molar-refractivity contribution < 1.29 is 13.6 Å². The van der Waals surface area contributed by atoms with Gasteiger partial charge in [0.05, 0.1) is 0 Å². The highest BCUT2D eigenvalue weighted by molar-refractivity contribution is 5.73. The second-order valence-corrected chi connectivity index (χ2v) is 3.59. The Balaban J connectivity index is 2.27. The number of carbonyl (C=O) groups is 1. The van der Waals surface area contributed by atoms with Crippen LogP contribution in [0.25, 0.3) is 0 Å². The van der Waals surface area contributed by atoms with Gasteiger partial charge in [-0.3, -0.25) is 0 Å². The lowest BCUT2D eigenvalue weighted by Crippen LogP contribution is -2.40. The monoisotopic (exact) mass is 206 g/mol. The first-order valence-corrected chi connectivity index (χ1v) is 4.96. The topological polar surface area (TPSA) is 41.1 Å². The lowest BCUT2D eigenvalue weighted by atomic mass is 10.1. The molecule has 3 nitrogen and oxygen atoms in total. The molecule has 0 heterocycles. The Morgan fingerprint density at radius 2 is 2.21 bits per heavy atom. The van der Waals surface area contributed by atoms with Crippen LogP contribution >= 0.6 is 0 Å². The summed E-state index contributed by atoms with van der Waals surface area (Å²) in [6.07, 6.45) is 1.00. The third kappa shape index (κ3) is 2.82. The van der Waals surface area contributed by atoms with Crippen molar-refractivity contribution in [2.45, 2.75) is 32.1 Å². The molecule has 0 spiro atoms. The van der Waals surface area contributed by atoms with E-state index >= 15 is 0 Å². The molecule has 82 valence electrons. The molecule has 1 unspecified atom stereocenters. The molecule has 2 N–H and O–H groups in total. The minimum absolute atomic E-state index is 0.0469. The molecule has 0 aromatic rings. The predicted octanol–water partition coefficient (Wildman–Crippen LogP) is 1.74. The summed E-state index contributed by atoms with van der Waals surface area (Å²) in [6, 6.07) is -0.366. The van der Waals surface area contributed by atoms with Crippen molar-refractivity contribution in [1.29, 1.82) is 0 Å². The zero-order chi connectivity index (χ0) is 10.6. The van der Waals surface area contributed by atoms with Gasteiger partial charge in [0.25, 0.3) is 5.92 Å². The highest BCUT2D eigenvalue weighted by Gasteiger charge is 2.43. The first-order chi connectivity index (χ1) is 6.56. The van der Waals surface area contributed by atoms with Crippen LogP contribution in [0, 0.1) is 5.92 Å². The predicted molar refractivity (Wildman–Crippen MR) is 49.4 cm³/mol. The van der Waals surface area contributed by atoms with Crippen molar-refractivity contribution in [1.82, 2.24) is 10.6 Å². The van der Waals surface area contributed by atoms with Gasteiger partial charge in [-0.1, -0.05) is 0 Å². The third-order valence-corrected chi connectivity index (χ3v) is 2.51. The van der Waals surface area contributed by atoms with Gasteiger partial charge in [0.15, 0.2) is 0 Å². The quantitative estimate of drug-likeness (QED) is 0.725. The summed E-state index contributed by atoms with van der Waals surface area (Å²) < 4.78 is 26.1. The summed E-state index contributed by atoms with van der Waals surface area (Å²) in [6.45, 7) is 2.36. The number of alkyl halides is 2. The van der Waals surface area contributed by atoms with Gasteiger partial charge < -0.3 is 10.6 Å². The molecule has 14 heavy (non-hydrogen) atoms. The SMILES string of the molecule is CCNC(=O)NCC1CCCC1(F)F. The Morgan fingerprint density at radius 3 is 2.71 bits per heavy atom. The molecule has 2 amide bonds. The molecule has 0 aliphatic heterocycles. The number of nitrogens with one attached hydrogen (secondary N) is 2. The Labute approximate surface area is 82.2 Å². The number of hydrogen-bond donors (Lipinski definition) is 2. The summed E-state index contributed by atoms with van der Waals surface area (Å²) in [5.74, 6) is -3.29. The number of halogens is 2. The van der Waals surface area contributed by atoms with E-state index in [1.807, 2.05) is 0 Å². The molecular weight excluding hydrogens is 190 g/mol. The van der Waals surface area contributed by atoms with Crippen LogP contribution in [0.2, 0.25) is 0 Å². The van der Waals surface area contributed by atoms with E-state index in [1.165, 1.54) is 0 Å². The molecule has 1 fully saturated rings. The van der Waals surface area contributed by atoms with Crippen LogP contribution in [0.15, 0.2) is 0 Å². The molecule has 0 aromatic heterocycles. The highest BCUT2D eigenvalue weighted by atomic mass is 19.3. The van der Waals surface area contributed by atoms with Crippen molar-refractivity contribution in [3.63, 3.8) is 0 Å². The minimum Gasteiger partial charge on any atom is -0.338 e. The van der Waals surface area contributed by atoms with Crippen LogP contribution < -0.4 is 10.6 Å². The van der Waals surface area contributed by atoms with Crippen molar-refractivity contribution in [2.75, 3.05) is 13.1 Å². The molecule has 5 heteroatoms. The average Bonchev–Trinajstić information content (AvgIpc) is 2.42. The van der Waals surface area contributed by atoms with E-state index in [9.17, 15) is 13.6 Å². The normalized spacial score (nSPS) is 24.6. The van der Waals surface area contributed by atoms with E-state index in [4.69, 9.17) is 0 Å². The molecule has 1 atom stereocenters. The van der Waals surface area contributed by atoms with Gasteiger partial charge in [-0.05, 0) is 19.8 Å². The van der Waals surface area contributed by atoms with Gasteiger partial charge in [0, 0.05) is 25.4 Å². The number of carbonyl (C=O) groups excluding carboxylic acids is 1. The maximum absolute atomic E-state index is 13.1. The first-order valence-electron chi connectivity index (χ1n) is 4.96. The number of rotatable bonds is 3. The third-order valence-electron chi connectivity index (χ3n) is 2.51. The highest BCUT2D eigenvalue weighted by Crippen LogP contribution is 2.39. The summed E-state index contributed by atoms with van der Waals surface area (Å²) >= 11 is 0. The van der Waals surface area contributed by atoms with E-state index < -0.39 is 11.8 Å². The van der Waals surface area contributed by atoms with Gasteiger partial charge >= 0.3 is 6.03 Å². The van der Waals surface area contributed by atoms with Crippen LogP contribution in [0.4, 0.5) is 13.6 Å². The molecule has 0 saturated heterocycles. The van der Waals surface area contributed by atoms with E-state index in [-0.39, 0.29) is 19.0 Å². The van der Waals surface area contributed by atoms with Crippen molar-refractivity contribution in [2.24, 2.45) is 5.92 Å². The van der Waals surface area contributed by atoms with Gasteiger partial charge in [0.2, 0.25) is 0 Å². The van der Waals surface area contributed by atoms with Crippen LogP contribution in [0.1, 0.15) is 26.2 Å². The zero-order valence-electron chi connectivity index (χ0n) is 8.28. The van der Waals surface area contributed by atoms with Crippen LogP contribution in [-0.2, 0) is 0 Å². The van der Waals surface area contributed by atoms with Crippen LogP contribution in [0.3, 0.4) is 0 Å². The first kappa shape index (κ1) is 11.2. The van der Waals surface area contributed by atoms with Crippen molar-refractivity contribution in [3.05, 3.63) is 0 Å². The van der Waals surface area contributed by atoms with Crippen molar-refractivity contribution in [3.8, 4) is 0 Å². The molecule has 0 radical (unpaired) electrons. The fourth-order valence-corrected chi connectivity index (χ4v) is 1.69. The fraction of sp³-hybridized carbons (Fsp3) is 0.889. The molecule has 1 rings (SSSR count). The van der Waals surface area contributed by atoms with Crippen LogP contribution in [-0.4, -0.2) is 25.0 Å². The van der Waals surface area contributed by atoms with E-state index in [2.05, 4.69) is 10.6 Å². The van der Waals surface area contributed by atoms with Crippen molar-refractivity contribution >= 4 is 6.03 Å². The number of urea groups is 1. The molecule has 1 aliphatic rings. The Morgan fingerprint density at radius 1 is 1.50 bits per heavy atom. The summed E-state index contributed by atoms with van der Waals surface area (Å²) in [5, 5.41) is 4.95. The van der Waals surface area contributed by atoms with E-state index in [0.29, 0.717) is 19.4 Å². The molecule has 1 saturated carbocycles. The Kier molecular flexibility index (Phi) is 3.66. The lowest BCUT2D eigenvalue weighted by molar-refractivity contribution is -0.0349. The van der Waals surface area contributed by atoms with E-state index in [0.717, 1.165) is 0 Å². The van der Waals surface area contributed by atoms with Gasteiger partial charge in [-0.25, -0.2) is 13.6 Å². The summed E-state index contributed by atoms with van der Waals surface area (Å²) in [7, 11) is 0. The number of amides is 2. The second kappa shape index (κ2) is 4.57. The summed E-state index contributed by atoms with van der Waals surface area (Å²) in [4.78, 5) is 10.9. The molecular formula is C9H16F2N2O. The number of hydrogen-bond acceptors (Lipinski definition) is 1. The standard InChI is InChI=1S/C9H16F2N2O/c1-2-12-8(14)13-6-7-4-3-5-9(7,10)11/h7H,2-6H2,1H3,(H2,12,13,14). The molecule has 0 bridgehead atoms. The van der Waals surface area contributed by atoms with Gasteiger partial charge in [-0.15, -0.1) is 0 Å². The zero-order valence-corrected chi connectivity index (χ0v) is 8.28. The second-order valence-electron chi connectivity index (χ2n) is 3.59. The maximum Gasteiger partial charge on any atom is 0.314 e. The molecule has 0 aromatic carbocycles. The average molecular weight is 206 g/mol.